The van der Waals surface area contributed by atoms with Crippen molar-refractivity contribution in [3.63, 3.8) is 0 Å². The fourth-order valence-electron chi connectivity index (χ4n) is 2.17. The predicted molar refractivity (Wildman–Crippen MR) is 73.1 cm³/mol. The minimum atomic E-state index is 0.121. The lowest BCUT2D eigenvalue weighted by molar-refractivity contribution is -0.143. The van der Waals surface area contributed by atoms with E-state index >= 15 is 0 Å². The third-order valence-electron chi connectivity index (χ3n) is 3.26. The standard InChI is InChI=1S/C15H21NO3/c1-12-11-19-13(2)10-16(12)15(17)8-9-18-14-6-4-3-5-7-14/h3-7,12-13H,8-11H2,1-2H3/t12-,13-/m1/s1. The number of amides is 1. The maximum absolute atomic E-state index is 12.1. The van der Waals surface area contributed by atoms with Crippen LogP contribution in [0.4, 0.5) is 0 Å². The van der Waals surface area contributed by atoms with Crippen LogP contribution in [0.15, 0.2) is 30.3 Å². The van der Waals surface area contributed by atoms with Crippen LogP contribution in [-0.2, 0) is 9.53 Å². The molecule has 2 atom stereocenters. The van der Waals surface area contributed by atoms with Gasteiger partial charge in [-0.05, 0) is 26.0 Å². The number of morpholine rings is 1. The molecule has 0 spiro atoms. The number of rotatable bonds is 4. The molecular formula is C15H21NO3. The summed E-state index contributed by atoms with van der Waals surface area (Å²) in [7, 11) is 0. The maximum Gasteiger partial charge on any atom is 0.226 e. The summed E-state index contributed by atoms with van der Waals surface area (Å²) in [6, 6.07) is 9.72. The van der Waals surface area contributed by atoms with Gasteiger partial charge in [-0.1, -0.05) is 18.2 Å². The number of hydrogen-bond acceptors (Lipinski definition) is 3. The summed E-state index contributed by atoms with van der Waals surface area (Å²) < 4.78 is 11.1. The Balaban J connectivity index is 1.77. The predicted octanol–water partition coefficient (Wildman–Crippen LogP) is 2.09. The van der Waals surface area contributed by atoms with Crippen LogP contribution in [-0.4, -0.2) is 42.7 Å². The molecule has 0 N–H and O–H groups in total. The summed E-state index contributed by atoms with van der Waals surface area (Å²) in [5.74, 6) is 0.942. The minimum absolute atomic E-state index is 0.121. The number of para-hydroxylation sites is 1. The maximum atomic E-state index is 12.1. The molecule has 0 radical (unpaired) electrons. The molecule has 1 saturated heterocycles. The molecule has 1 aliphatic rings. The number of carbonyl (C=O) groups excluding carboxylic acids is 1. The molecule has 0 aliphatic carbocycles. The number of benzene rings is 1. The van der Waals surface area contributed by atoms with Crippen molar-refractivity contribution in [2.24, 2.45) is 0 Å². The van der Waals surface area contributed by atoms with Crippen molar-refractivity contribution in [3.05, 3.63) is 30.3 Å². The number of carbonyl (C=O) groups is 1. The van der Waals surface area contributed by atoms with E-state index in [2.05, 4.69) is 0 Å². The van der Waals surface area contributed by atoms with Gasteiger partial charge in [0.25, 0.3) is 0 Å². The van der Waals surface area contributed by atoms with Crippen molar-refractivity contribution < 1.29 is 14.3 Å². The number of hydrogen-bond donors (Lipinski definition) is 0. The Morgan fingerprint density at radius 2 is 2.11 bits per heavy atom. The Morgan fingerprint density at radius 1 is 1.37 bits per heavy atom. The van der Waals surface area contributed by atoms with Crippen molar-refractivity contribution in [1.82, 2.24) is 4.90 Å². The minimum Gasteiger partial charge on any atom is -0.493 e. The van der Waals surface area contributed by atoms with E-state index < -0.39 is 0 Å². The molecule has 2 rings (SSSR count). The van der Waals surface area contributed by atoms with E-state index in [4.69, 9.17) is 9.47 Å². The highest BCUT2D eigenvalue weighted by molar-refractivity contribution is 5.76. The van der Waals surface area contributed by atoms with Crippen molar-refractivity contribution in [2.75, 3.05) is 19.8 Å². The van der Waals surface area contributed by atoms with Crippen molar-refractivity contribution in [1.29, 1.82) is 0 Å². The molecule has 4 heteroatoms. The van der Waals surface area contributed by atoms with Crippen LogP contribution in [0, 0.1) is 0 Å². The zero-order chi connectivity index (χ0) is 13.7. The van der Waals surface area contributed by atoms with Gasteiger partial charge < -0.3 is 14.4 Å². The normalized spacial score (nSPS) is 23.2. The van der Waals surface area contributed by atoms with Gasteiger partial charge in [0.2, 0.25) is 5.91 Å². The lowest BCUT2D eigenvalue weighted by Gasteiger charge is -2.36. The Bertz CT molecular complexity index is 407. The molecule has 1 fully saturated rings. The summed E-state index contributed by atoms with van der Waals surface area (Å²) in [5.41, 5.74) is 0. The highest BCUT2D eigenvalue weighted by Crippen LogP contribution is 2.13. The van der Waals surface area contributed by atoms with E-state index in [9.17, 15) is 4.79 Å². The zero-order valence-electron chi connectivity index (χ0n) is 11.5. The Labute approximate surface area is 114 Å². The summed E-state index contributed by atoms with van der Waals surface area (Å²) in [6.45, 7) is 5.72. The topological polar surface area (TPSA) is 38.8 Å². The molecular weight excluding hydrogens is 242 g/mol. The number of nitrogens with zero attached hydrogens (tertiary/aromatic N) is 1. The second kappa shape index (κ2) is 6.57. The van der Waals surface area contributed by atoms with Gasteiger partial charge >= 0.3 is 0 Å². The first-order chi connectivity index (χ1) is 9.16. The fraction of sp³-hybridized carbons (Fsp3) is 0.533. The highest BCUT2D eigenvalue weighted by Gasteiger charge is 2.26. The lowest BCUT2D eigenvalue weighted by Crippen LogP contribution is -2.50. The van der Waals surface area contributed by atoms with Gasteiger partial charge in [-0.15, -0.1) is 0 Å². The van der Waals surface area contributed by atoms with Crippen molar-refractivity contribution >= 4 is 5.91 Å². The second-order valence-electron chi connectivity index (χ2n) is 4.95. The van der Waals surface area contributed by atoms with E-state index in [0.717, 1.165) is 5.75 Å². The molecule has 0 saturated carbocycles. The first kappa shape index (κ1) is 13.9. The lowest BCUT2D eigenvalue weighted by atomic mass is 10.2. The number of ether oxygens (including phenoxy) is 2. The molecule has 0 bridgehead atoms. The van der Waals surface area contributed by atoms with Crippen molar-refractivity contribution in [3.8, 4) is 5.75 Å². The van der Waals surface area contributed by atoms with Crippen LogP contribution in [0.2, 0.25) is 0 Å². The van der Waals surface area contributed by atoms with Gasteiger partial charge in [0.05, 0.1) is 31.8 Å². The van der Waals surface area contributed by atoms with E-state index in [-0.39, 0.29) is 18.1 Å². The Morgan fingerprint density at radius 3 is 2.84 bits per heavy atom. The van der Waals surface area contributed by atoms with Crippen LogP contribution in [0.5, 0.6) is 5.75 Å². The van der Waals surface area contributed by atoms with Crippen LogP contribution in [0.25, 0.3) is 0 Å². The summed E-state index contributed by atoms with van der Waals surface area (Å²) >= 11 is 0. The molecule has 19 heavy (non-hydrogen) atoms. The molecule has 1 amide bonds. The van der Waals surface area contributed by atoms with Gasteiger partial charge in [0, 0.05) is 6.54 Å². The monoisotopic (exact) mass is 263 g/mol. The third kappa shape index (κ3) is 3.96. The van der Waals surface area contributed by atoms with Crippen LogP contribution in [0.1, 0.15) is 20.3 Å². The molecule has 0 aromatic heterocycles. The molecule has 1 aromatic rings. The highest BCUT2D eigenvalue weighted by atomic mass is 16.5. The van der Waals surface area contributed by atoms with Gasteiger partial charge in [0.1, 0.15) is 5.75 Å². The van der Waals surface area contributed by atoms with Gasteiger partial charge in [0.15, 0.2) is 0 Å². The first-order valence-corrected chi connectivity index (χ1v) is 6.75. The van der Waals surface area contributed by atoms with Crippen molar-refractivity contribution in [2.45, 2.75) is 32.4 Å². The molecule has 104 valence electrons. The molecule has 1 heterocycles. The van der Waals surface area contributed by atoms with E-state index in [1.54, 1.807) is 0 Å². The second-order valence-corrected chi connectivity index (χ2v) is 4.95. The molecule has 1 aliphatic heterocycles. The SMILES string of the molecule is C[C@@H]1CN(C(=O)CCOc2ccccc2)[C@H](C)CO1. The Kier molecular flexibility index (Phi) is 4.80. The Hall–Kier alpha value is -1.55. The summed E-state index contributed by atoms with van der Waals surface area (Å²) in [6.07, 6.45) is 0.529. The average Bonchev–Trinajstić information content (AvgIpc) is 2.42. The van der Waals surface area contributed by atoms with Crippen LogP contribution >= 0.6 is 0 Å². The van der Waals surface area contributed by atoms with E-state index in [0.29, 0.717) is 26.2 Å². The average molecular weight is 263 g/mol. The molecule has 4 nitrogen and oxygen atoms in total. The molecule has 1 aromatic carbocycles. The smallest absolute Gasteiger partial charge is 0.226 e. The summed E-state index contributed by atoms with van der Waals surface area (Å²) in [4.78, 5) is 14.0. The first-order valence-electron chi connectivity index (χ1n) is 6.75. The van der Waals surface area contributed by atoms with Crippen LogP contribution in [0.3, 0.4) is 0 Å². The van der Waals surface area contributed by atoms with E-state index in [1.807, 2.05) is 49.1 Å². The fourth-order valence-corrected chi connectivity index (χ4v) is 2.17. The van der Waals surface area contributed by atoms with Gasteiger partial charge in [-0.3, -0.25) is 4.79 Å². The van der Waals surface area contributed by atoms with E-state index in [1.165, 1.54) is 0 Å². The largest absolute Gasteiger partial charge is 0.493 e. The molecule has 0 unspecified atom stereocenters. The third-order valence-corrected chi connectivity index (χ3v) is 3.26. The summed E-state index contributed by atoms with van der Waals surface area (Å²) in [5, 5.41) is 0. The van der Waals surface area contributed by atoms with Crippen LogP contribution < -0.4 is 4.74 Å². The van der Waals surface area contributed by atoms with Gasteiger partial charge in [-0.25, -0.2) is 0 Å². The van der Waals surface area contributed by atoms with Gasteiger partial charge in [-0.2, -0.15) is 0 Å². The quantitative estimate of drug-likeness (QED) is 0.835. The zero-order valence-corrected chi connectivity index (χ0v) is 11.5.